The Bertz CT molecular complexity index is 1440. The maximum absolute atomic E-state index is 12.9. The topological polar surface area (TPSA) is 163 Å². The number of nitrogens with zero attached hydrogens (tertiary/aromatic N) is 3. The molecule has 1 unspecified atom stereocenters. The number of benzene rings is 2. The molecule has 212 valence electrons. The highest BCUT2D eigenvalue weighted by Crippen LogP contribution is 2.35. The summed E-state index contributed by atoms with van der Waals surface area (Å²) in [5.74, 6) is -0.120. The third kappa shape index (κ3) is 7.34. The average molecular weight is 585 g/mol. The Balaban J connectivity index is 1.37. The van der Waals surface area contributed by atoms with Crippen molar-refractivity contribution in [2.24, 2.45) is 15.1 Å². The standard InChI is InChI=1S/C27H32N6O5S2/c1-2-3-15-29-23(34)13-12-22-26(36)32-25-20-6-4-5-7-21(20)31-27(33(22)25)39-17-24(35)30-16-14-18-8-10-19(11-9-18)40(28,37)38/h4-11,22H,2-3,12-17H2,1H3,(H,29,34)(H,30,35)(H2,28,37,38). The second kappa shape index (κ2) is 13.2. The Labute approximate surface area is 237 Å². The molecule has 2 aliphatic heterocycles. The maximum atomic E-state index is 12.9. The average Bonchev–Trinajstić information content (AvgIpc) is 3.26. The van der Waals surface area contributed by atoms with Crippen LogP contribution < -0.4 is 15.8 Å². The molecule has 1 atom stereocenters. The number of aliphatic imine (C=N–C) groups is 2. The molecule has 2 heterocycles. The highest BCUT2D eigenvalue weighted by atomic mass is 32.2. The number of primary sulfonamides is 1. The van der Waals surface area contributed by atoms with E-state index >= 15 is 0 Å². The van der Waals surface area contributed by atoms with Gasteiger partial charge in [0, 0.05) is 25.1 Å². The van der Waals surface area contributed by atoms with Gasteiger partial charge in [-0.2, -0.15) is 4.99 Å². The van der Waals surface area contributed by atoms with Crippen molar-refractivity contribution in [1.82, 2.24) is 15.5 Å². The fourth-order valence-corrected chi connectivity index (χ4v) is 5.70. The van der Waals surface area contributed by atoms with Gasteiger partial charge in [-0.15, -0.1) is 0 Å². The fourth-order valence-electron chi connectivity index (χ4n) is 4.31. The van der Waals surface area contributed by atoms with Crippen LogP contribution in [0.15, 0.2) is 63.4 Å². The van der Waals surface area contributed by atoms with Crippen molar-refractivity contribution >= 4 is 56.2 Å². The fraction of sp³-hybridized carbons (Fsp3) is 0.370. The summed E-state index contributed by atoms with van der Waals surface area (Å²) in [6.45, 7) is 3.01. The number of carbonyl (C=O) groups is 3. The van der Waals surface area contributed by atoms with E-state index in [1.807, 2.05) is 31.2 Å². The number of amides is 3. The van der Waals surface area contributed by atoms with Crippen LogP contribution in [0.3, 0.4) is 0 Å². The Morgan fingerprint density at radius 2 is 1.75 bits per heavy atom. The molecule has 2 aliphatic rings. The maximum Gasteiger partial charge on any atom is 0.270 e. The summed E-state index contributed by atoms with van der Waals surface area (Å²) in [4.78, 5) is 48.6. The normalized spacial score (nSPS) is 16.1. The van der Waals surface area contributed by atoms with Gasteiger partial charge in [-0.3, -0.25) is 19.3 Å². The van der Waals surface area contributed by atoms with Crippen LogP contribution in [0.25, 0.3) is 0 Å². The molecule has 0 aromatic heterocycles. The van der Waals surface area contributed by atoms with Gasteiger partial charge in [0.25, 0.3) is 5.91 Å². The molecule has 0 saturated heterocycles. The SMILES string of the molecule is CCCCNC(=O)CCC1C(=O)N=C2c3ccccc3N=C(SCC(=O)NCCc3ccc(S(N)(=O)=O)cc3)N21. The van der Waals surface area contributed by atoms with E-state index in [1.165, 1.54) is 23.9 Å². The lowest BCUT2D eigenvalue weighted by Gasteiger charge is -2.31. The molecule has 0 bridgehead atoms. The summed E-state index contributed by atoms with van der Waals surface area (Å²) < 4.78 is 22.8. The highest BCUT2D eigenvalue weighted by Gasteiger charge is 2.41. The molecule has 3 amide bonds. The molecular weight excluding hydrogens is 552 g/mol. The molecule has 2 aromatic rings. The van der Waals surface area contributed by atoms with Crippen LogP contribution in [-0.2, 0) is 30.8 Å². The number of nitrogens with two attached hydrogens (primary N) is 1. The summed E-state index contributed by atoms with van der Waals surface area (Å²) in [6.07, 6.45) is 2.84. The number of fused-ring (bicyclic) bond motifs is 3. The Hall–Kier alpha value is -3.55. The number of para-hydroxylation sites is 1. The van der Waals surface area contributed by atoms with E-state index in [1.54, 1.807) is 17.0 Å². The van der Waals surface area contributed by atoms with E-state index < -0.39 is 16.1 Å². The molecule has 0 fully saturated rings. The Morgan fingerprint density at radius 3 is 2.48 bits per heavy atom. The first-order chi connectivity index (χ1) is 19.2. The van der Waals surface area contributed by atoms with Crippen molar-refractivity contribution in [3.05, 3.63) is 59.7 Å². The molecule has 0 spiro atoms. The lowest BCUT2D eigenvalue weighted by molar-refractivity contribution is -0.122. The molecule has 4 N–H and O–H groups in total. The highest BCUT2D eigenvalue weighted by molar-refractivity contribution is 8.14. The quantitative estimate of drug-likeness (QED) is 0.322. The molecule has 0 radical (unpaired) electrons. The largest absolute Gasteiger partial charge is 0.356 e. The third-order valence-corrected chi connectivity index (χ3v) is 8.31. The van der Waals surface area contributed by atoms with Crippen LogP contribution >= 0.6 is 11.8 Å². The van der Waals surface area contributed by atoms with E-state index in [0.717, 1.165) is 24.0 Å². The number of carbonyl (C=O) groups excluding carboxylic acids is 3. The van der Waals surface area contributed by atoms with Crippen LogP contribution in [0, 0.1) is 0 Å². The smallest absolute Gasteiger partial charge is 0.270 e. The van der Waals surface area contributed by atoms with Crippen LogP contribution in [0.1, 0.15) is 43.7 Å². The summed E-state index contributed by atoms with van der Waals surface area (Å²) in [5.41, 5.74) is 2.24. The lowest BCUT2D eigenvalue weighted by atomic mass is 10.1. The van der Waals surface area contributed by atoms with Crippen molar-refractivity contribution in [1.29, 1.82) is 0 Å². The van der Waals surface area contributed by atoms with Gasteiger partial charge in [0.05, 0.1) is 16.3 Å². The van der Waals surface area contributed by atoms with E-state index in [-0.39, 0.29) is 41.2 Å². The second-order valence-corrected chi connectivity index (χ2v) is 11.9. The predicted octanol–water partition coefficient (Wildman–Crippen LogP) is 2.08. The van der Waals surface area contributed by atoms with Crippen molar-refractivity contribution in [2.45, 2.75) is 50.0 Å². The predicted molar refractivity (Wildman–Crippen MR) is 155 cm³/mol. The molecule has 13 heteroatoms. The van der Waals surface area contributed by atoms with Gasteiger partial charge < -0.3 is 10.6 Å². The second-order valence-electron chi connectivity index (χ2n) is 9.39. The van der Waals surface area contributed by atoms with Crippen molar-refractivity contribution in [3.63, 3.8) is 0 Å². The number of unbranched alkanes of at least 4 members (excludes halogenated alkanes) is 1. The van der Waals surface area contributed by atoms with Crippen LogP contribution in [0.2, 0.25) is 0 Å². The third-order valence-electron chi connectivity index (χ3n) is 6.43. The van der Waals surface area contributed by atoms with Crippen LogP contribution in [0.5, 0.6) is 0 Å². The zero-order valence-corrected chi connectivity index (χ0v) is 23.8. The monoisotopic (exact) mass is 584 g/mol. The molecule has 0 aliphatic carbocycles. The summed E-state index contributed by atoms with van der Waals surface area (Å²) >= 11 is 1.20. The lowest BCUT2D eigenvalue weighted by Crippen LogP contribution is -2.44. The molecule has 40 heavy (non-hydrogen) atoms. The van der Waals surface area contributed by atoms with Gasteiger partial charge in [-0.25, -0.2) is 18.5 Å². The van der Waals surface area contributed by atoms with Crippen molar-refractivity contribution < 1.29 is 22.8 Å². The minimum Gasteiger partial charge on any atom is -0.356 e. The number of hydrogen-bond acceptors (Lipinski definition) is 8. The van der Waals surface area contributed by atoms with E-state index in [4.69, 9.17) is 10.1 Å². The minimum absolute atomic E-state index is 0.0326. The first-order valence-corrected chi connectivity index (χ1v) is 15.6. The zero-order chi connectivity index (χ0) is 28.7. The first-order valence-electron chi connectivity index (χ1n) is 13.0. The minimum atomic E-state index is -3.75. The number of hydrogen-bond donors (Lipinski definition) is 3. The van der Waals surface area contributed by atoms with E-state index in [2.05, 4.69) is 15.6 Å². The van der Waals surface area contributed by atoms with Crippen molar-refractivity contribution in [3.8, 4) is 0 Å². The van der Waals surface area contributed by atoms with Gasteiger partial charge >= 0.3 is 0 Å². The summed E-state index contributed by atoms with van der Waals surface area (Å²) in [7, 11) is -3.75. The number of sulfonamides is 1. The Kier molecular flexibility index (Phi) is 9.71. The molecule has 4 rings (SSSR count). The van der Waals surface area contributed by atoms with Gasteiger partial charge in [0.1, 0.15) is 11.9 Å². The Morgan fingerprint density at radius 1 is 1.02 bits per heavy atom. The van der Waals surface area contributed by atoms with Gasteiger partial charge in [0.15, 0.2) is 5.17 Å². The van der Waals surface area contributed by atoms with Crippen molar-refractivity contribution in [2.75, 3.05) is 18.8 Å². The van der Waals surface area contributed by atoms with E-state index in [9.17, 15) is 22.8 Å². The van der Waals surface area contributed by atoms with Gasteiger partial charge in [-0.1, -0.05) is 49.4 Å². The van der Waals surface area contributed by atoms with Crippen LogP contribution in [0.4, 0.5) is 5.69 Å². The van der Waals surface area contributed by atoms with Gasteiger partial charge in [0.2, 0.25) is 21.8 Å². The number of thioether (sulfide) groups is 1. The first kappa shape index (κ1) is 29.4. The van der Waals surface area contributed by atoms with Gasteiger partial charge in [-0.05, 0) is 49.1 Å². The van der Waals surface area contributed by atoms with Crippen LogP contribution in [-0.4, -0.2) is 66.9 Å². The number of nitrogens with one attached hydrogen (secondary N) is 2. The van der Waals surface area contributed by atoms with E-state index in [0.29, 0.717) is 36.2 Å². The summed E-state index contributed by atoms with van der Waals surface area (Å²) in [6, 6.07) is 12.9. The molecular formula is C27H32N6O5S2. The summed E-state index contributed by atoms with van der Waals surface area (Å²) in [5, 5.41) is 11.3. The number of amidine groups is 2. The molecule has 11 nitrogen and oxygen atoms in total. The molecule has 2 aromatic carbocycles. The zero-order valence-electron chi connectivity index (χ0n) is 22.1. The molecule has 0 saturated carbocycles. The number of rotatable bonds is 12.